The first kappa shape index (κ1) is 14.0. The molecular formula is C14H15FN2O3. The van der Waals surface area contributed by atoms with Gasteiger partial charge in [-0.15, -0.1) is 0 Å². The van der Waals surface area contributed by atoms with Crippen molar-refractivity contribution in [2.45, 2.75) is 20.4 Å². The molecule has 1 aromatic carbocycles. The predicted molar refractivity (Wildman–Crippen MR) is 70.7 cm³/mol. The number of halogens is 1. The Bertz CT molecular complexity index is 665. The van der Waals surface area contributed by atoms with Gasteiger partial charge in [0.1, 0.15) is 17.1 Å². The summed E-state index contributed by atoms with van der Waals surface area (Å²) < 4.78 is 20.0. The zero-order valence-electron chi connectivity index (χ0n) is 11.5. The van der Waals surface area contributed by atoms with Crippen molar-refractivity contribution < 1.29 is 19.0 Å². The highest BCUT2D eigenvalue weighted by molar-refractivity contribution is 5.90. The van der Waals surface area contributed by atoms with Crippen molar-refractivity contribution in [1.29, 1.82) is 0 Å². The number of aromatic carboxylic acids is 1. The number of methoxy groups -OCH3 is 1. The van der Waals surface area contributed by atoms with Crippen molar-refractivity contribution in [3.8, 4) is 5.75 Å². The molecule has 0 saturated carbocycles. The van der Waals surface area contributed by atoms with Gasteiger partial charge in [-0.25, -0.2) is 9.18 Å². The van der Waals surface area contributed by atoms with Gasteiger partial charge in [-0.1, -0.05) is 0 Å². The number of carbonyl (C=O) groups is 1. The van der Waals surface area contributed by atoms with E-state index in [9.17, 15) is 9.18 Å². The van der Waals surface area contributed by atoms with Gasteiger partial charge < -0.3 is 9.84 Å². The maximum atomic E-state index is 13.3. The summed E-state index contributed by atoms with van der Waals surface area (Å²) in [5.41, 5.74) is 1.75. The molecule has 2 rings (SSSR count). The van der Waals surface area contributed by atoms with E-state index in [1.165, 1.54) is 30.0 Å². The van der Waals surface area contributed by atoms with Gasteiger partial charge in [0.05, 0.1) is 25.0 Å². The number of carboxylic acid groups (broad SMARTS) is 1. The predicted octanol–water partition coefficient (Wildman–Crippen LogP) is 2.39. The van der Waals surface area contributed by atoms with Crippen LogP contribution < -0.4 is 4.74 Å². The first-order valence-corrected chi connectivity index (χ1v) is 6.03. The molecule has 0 spiro atoms. The van der Waals surface area contributed by atoms with Crippen molar-refractivity contribution in [3.05, 3.63) is 46.5 Å². The van der Waals surface area contributed by atoms with Gasteiger partial charge in [-0.05, 0) is 32.0 Å². The molecule has 0 unspecified atom stereocenters. The maximum Gasteiger partial charge on any atom is 0.339 e. The van der Waals surface area contributed by atoms with Crippen LogP contribution in [0.4, 0.5) is 4.39 Å². The summed E-state index contributed by atoms with van der Waals surface area (Å²) in [7, 11) is 1.50. The minimum atomic E-state index is -1.02. The van der Waals surface area contributed by atoms with E-state index < -0.39 is 5.97 Å². The summed E-state index contributed by atoms with van der Waals surface area (Å²) in [5, 5.41) is 13.3. The van der Waals surface area contributed by atoms with E-state index in [0.717, 1.165) is 0 Å². The van der Waals surface area contributed by atoms with Gasteiger partial charge in [0.2, 0.25) is 0 Å². The number of hydrogen-bond donors (Lipinski definition) is 1. The van der Waals surface area contributed by atoms with Crippen LogP contribution in [0.1, 0.15) is 27.3 Å². The molecule has 20 heavy (non-hydrogen) atoms. The van der Waals surface area contributed by atoms with Gasteiger partial charge in [0, 0.05) is 5.56 Å². The van der Waals surface area contributed by atoms with Gasteiger partial charge in [0.25, 0.3) is 0 Å². The van der Waals surface area contributed by atoms with E-state index in [4.69, 9.17) is 9.84 Å². The Morgan fingerprint density at radius 2 is 2.15 bits per heavy atom. The fourth-order valence-corrected chi connectivity index (χ4v) is 2.19. The van der Waals surface area contributed by atoms with E-state index in [0.29, 0.717) is 22.7 Å². The molecule has 0 aliphatic rings. The Labute approximate surface area is 115 Å². The van der Waals surface area contributed by atoms with E-state index in [1.54, 1.807) is 13.8 Å². The average molecular weight is 278 g/mol. The molecule has 1 N–H and O–H groups in total. The fourth-order valence-electron chi connectivity index (χ4n) is 2.19. The largest absolute Gasteiger partial charge is 0.496 e. The number of aryl methyl sites for hydroxylation is 1. The number of carboxylic acids is 1. The molecule has 5 nitrogen and oxygen atoms in total. The smallest absolute Gasteiger partial charge is 0.339 e. The number of hydrogen-bond acceptors (Lipinski definition) is 3. The number of rotatable bonds is 4. The highest BCUT2D eigenvalue weighted by atomic mass is 19.1. The van der Waals surface area contributed by atoms with E-state index in [2.05, 4.69) is 5.10 Å². The minimum Gasteiger partial charge on any atom is -0.496 e. The zero-order valence-corrected chi connectivity index (χ0v) is 11.5. The van der Waals surface area contributed by atoms with E-state index in [-0.39, 0.29) is 17.9 Å². The first-order chi connectivity index (χ1) is 9.43. The van der Waals surface area contributed by atoms with Crippen LogP contribution in [0.2, 0.25) is 0 Å². The highest BCUT2D eigenvalue weighted by Gasteiger charge is 2.18. The van der Waals surface area contributed by atoms with Gasteiger partial charge in [-0.3, -0.25) is 4.68 Å². The molecule has 106 valence electrons. The number of ether oxygens (including phenoxy) is 1. The average Bonchev–Trinajstić information content (AvgIpc) is 2.64. The van der Waals surface area contributed by atoms with Crippen molar-refractivity contribution >= 4 is 5.97 Å². The summed E-state index contributed by atoms with van der Waals surface area (Å²) in [6.45, 7) is 3.56. The van der Waals surface area contributed by atoms with Crippen LogP contribution in [-0.2, 0) is 6.54 Å². The highest BCUT2D eigenvalue weighted by Crippen LogP contribution is 2.22. The SMILES string of the molecule is COc1ccc(F)cc1Cn1nc(C)c(C(=O)O)c1C. The third kappa shape index (κ3) is 2.49. The van der Waals surface area contributed by atoms with Crippen LogP contribution in [0.3, 0.4) is 0 Å². The lowest BCUT2D eigenvalue weighted by Crippen LogP contribution is -2.07. The van der Waals surface area contributed by atoms with Gasteiger partial charge in [-0.2, -0.15) is 5.10 Å². The van der Waals surface area contributed by atoms with Crippen molar-refractivity contribution in [2.75, 3.05) is 7.11 Å². The van der Waals surface area contributed by atoms with Crippen molar-refractivity contribution in [2.24, 2.45) is 0 Å². The molecule has 6 heteroatoms. The molecule has 1 aromatic heterocycles. The molecule has 0 bridgehead atoms. The standard InChI is InChI=1S/C14H15FN2O3/c1-8-13(14(18)19)9(2)17(16-8)7-10-6-11(15)4-5-12(10)20-3/h4-6H,7H2,1-3H3,(H,18,19). The Balaban J connectivity index is 2.43. The molecule has 0 saturated heterocycles. The minimum absolute atomic E-state index is 0.181. The molecule has 0 amide bonds. The Morgan fingerprint density at radius 1 is 1.45 bits per heavy atom. The van der Waals surface area contributed by atoms with Gasteiger partial charge in [0.15, 0.2) is 0 Å². The van der Waals surface area contributed by atoms with Gasteiger partial charge >= 0.3 is 5.97 Å². The summed E-state index contributed by atoms with van der Waals surface area (Å²) in [6.07, 6.45) is 0. The zero-order chi connectivity index (χ0) is 14.9. The normalized spacial score (nSPS) is 10.6. The quantitative estimate of drug-likeness (QED) is 0.932. The monoisotopic (exact) mass is 278 g/mol. The van der Waals surface area contributed by atoms with Crippen LogP contribution in [0.25, 0.3) is 0 Å². The Hall–Kier alpha value is -2.37. The summed E-state index contributed by atoms with van der Waals surface area (Å²) >= 11 is 0. The second kappa shape index (κ2) is 5.32. The number of aromatic nitrogens is 2. The van der Waals surface area contributed by atoms with Crippen LogP contribution in [0, 0.1) is 19.7 Å². The number of nitrogens with zero attached hydrogens (tertiary/aromatic N) is 2. The van der Waals surface area contributed by atoms with Crippen molar-refractivity contribution in [1.82, 2.24) is 9.78 Å². The molecule has 0 radical (unpaired) electrons. The lowest BCUT2D eigenvalue weighted by Gasteiger charge is -2.10. The van der Waals surface area contributed by atoms with E-state index in [1.807, 2.05) is 0 Å². The third-order valence-corrected chi connectivity index (χ3v) is 3.16. The molecule has 0 aliphatic carbocycles. The third-order valence-electron chi connectivity index (χ3n) is 3.16. The van der Waals surface area contributed by atoms with Crippen LogP contribution in [0.5, 0.6) is 5.75 Å². The summed E-state index contributed by atoms with van der Waals surface area (Å²) in [4.78, 5) is 11.1. The summed E-state index contributed by atoms with van der Waals surface area (Å²) in [5.74, 6) is -0.853. The number of benzene rings is 1. The maximum absolute atomic E-state index is 13.3. The van der Waals surface area contributed by atoms with Crippen LogP contribution >= 0.6 is 0 Å². The molecule has 1 heterocycles. The van der Waals surface area contributed by atoms with Crippen molar-refractivity contribution in [3.63, 3.8) is 0 Å². The molecule has 2 aromatic rings. The molecule has 0 fully saturated rings. The fraction of sp³-hybridized carbons (Fsp3) is 0.286. The van der Waals surface area contributed by atoms with Crippen LogP contribution in [-0.4, -0.2) is 28.0 Å². The second-order valence-corrected chi connectivity index (χ2v) is 4.46. The first-order valence-electron chi connectivity index (χ1n) is 6.03. The topological polar surface area (TPSA) is 64.4 Å². The lowest BCUT2D eigenvalue weighted by atomic mass is 10.1. The molecular weight excluding hydrogens is 263 g/mol. The summed E-state index contributed by atoms with van der Waals surface area (Å²) in [6, 6.07) is 4.20. The molecule has 0 aliphatic heterocycles. The molecule has 0 atom stereocenters. The van der Waals surface area contributed by atoms with Crippen LogP contribution in [0.15, 0.2) is 18.2 Å². The second-order valence-electron chi connectivity index (χ2n) is 4.46. The Kier molecular flexibility index (Phi) is 3.74. The lowest BCUT2D eigenvalue weighted by molar-refractivity contribution is 0.0695. The van der Waals surface area contributed by atoms with E-state index >= 15 is 0 Å². The Morgan fingerprint density at radius 3 is 2.70 bits per heavy atom.